The second-order valence-corrected chi connectivity index (χ2v) is 5.91. The van der Waals surface area contributed by atoms with Crippen molar-refractivity contribution in [3.05, 3.63) is 53.2 Å². The Morgan fingerprint density at radius 2 is 2.09 bits per heavy atom. The number of nitrogens with zero attached hydrogens (tertiary/aromatic N) is 2. The minimum Gasteiger partial charge on any atom is -0.427 e. The van der Waals surface area contributed by atoms with Gasteiger partial charge in [-0.1, -0.05) is 30.3 Å². The lowest BCUT2D eigenvalue weighted by Gasteiger charge is -2.04. The van der Waals surface area contributed by atoms with E-state index in [1.807, 2.05) is 29.6 Å². The number of thiophene rings is 1. The van der Waals surface area contributed by atoms with Gasteiger partial charge in [0.1, 0.15) is 5.75 Å². The SMILES string of the molecule is CCc1ccc(OC(=O)CCc2nc(-c3cccs3)no2)cc1. The number of aromatic nitrogens is 2. The summed E-state index contributed by atoms with van der Waals surface area (Å²) >= 11 is 1.54. The molecule has 0 unspecified atom stereocenters. The number of aryl methyl sites for hydroxylation is 2. The molecule has 0 amide bonds. The van der Waals surface area contributed by atoms with Gasteiger partial charge < -0.3 is 9.26 Å². The Hall–Kier alpha value is -2.47. The Labute approximate surface area is 137 Å². The molecule has 0 N–H and O–H groups in total. The maximum Gasteiger partial charge on any atom is 0.311 e. The summed E-state index contributed by atoms with van der Waals surface area (Å²) in [7, 11) is 0. The fraction of sp³-hybridized carbons (Fsp3) is 0.235. The van der Waals surface area contributed by atoms with Crippen LogP contribution in [0.1, 0.15) is 24.8 Å². The molecule has 5 nitrogen and oxygen atoms in total. The Morgan fingerprint density at radius 1 is 1.26 bits per heavy atom. The second kappa shape index (κ2) is 7.19. The first-order valence-corrected chi connectivity index (χ1v) is 8.28. The van der Waals surface area contributed by atoms with Crippen molar-refractivity contribution in [1.82, 2.24) is 10.1 Å². The lowest BCUT2D eigenvalue weighted by Crippen LogP contribution is -2.09. The summed E-state index contributed by atoms with van der Waals surface area (Å²) < 4.78 is 10.4. The molecular weight excluding hydrogens is 312 g/mol. The molecule has 0 bridgehead atoms. The number of rotatable bonds is 6. The van der Waals surface area contributed by atoms with E-state index in [0.717, 1.165) is 11.3 Å². The molecule has 0 fully saturated rings. The maximum atomic E-state index is 11.9. The monoisotopic (exact) mass is 328 g/mol. The van der Waals surface area contributed by atoms with E-state index in [1.54, 1.807) is 23.5 Å². The quantitative estimate of drug-likeness (QED) is 0.507. The zero-order chi connectivity index (χ0) is 16.1. The Kier molecular flexibility index (Phi) is 4.83. The van der Waals surface area contributed by atoms with E-state index >= 15 is 0 Å². The van der Waals surface area contributed by atoms with Crippen LogP contribution in [-0.4, -0.2) is 16.1 Å². The standard InChI is InChI=1S/C17H16N2O3S/c1-2-12-5-7-13(8-6-12)21-16(20)10-9-15-18-17(19-22-15)14-4-3-11-23-14/h3-8,11H,2,9-10H2,1H3. The van der Waals surface area contributed by atoms with Gasteiger partial charge in [-0.15, -0.1) is 11.3 Å². The molecule has 0 aliphatic rings. The van der Waals surface area contributed by atoms with E-state index in [0.29, 0.717) is 23.9 Å². The van der Waals surface area contributed by atoms with Gasteiger partial charge in [-0.2, -0.15) is 4.98 Å². The Morgan fingerprint density at radius 3 is 2.78 bits per heavy atom. The smallest absolute Gasteiger partial charge is 0.311 e. The highest BCUT2D eigenvalue weighted by atomic mass is 32.1. The number of carbonyl (C=O) groups is 1. The predicted octanol–water partition coefficient (Wildman–Crippen LogP) is 3.90. The van der Waals surface area contributed by atoms with E-state index in [2.05, 4.69) is 17.1 Å². The average molecular weight is 328 g/mol. The van der Waals surface area contributed by atoms with Gasteiger partial charge in [0.2, 0.25) is 11.7 Å². The Balaban J connectivity index is 1.52. The van der Waals surface area contributed by atoms with E-state index in [-0.39, 0.29) is 12.4 Å². The second-order valence-electron chi connectivity index (χ2n) is 4.96. The van der Waals surface area contributed by atoms with Gasteiger partial charge in [0.05, 0.1) is 11.3 Å². The molecule has 0 saturated carbocycles. The van der Waals surface area contributed by atoms with Crippen LogP contribution in [0.15, 0.2) is 46.3 Å². The van der Waals surface area contributed by atoms with Crippen molar-refractivity contribution in [3.8, 4) is 16.5 Å². The highest BCUT2D eigenvalue weighted by Gasteiger charge is 2.12. The van der Waals surface area contributed by atoms with Crippen molar-refractivity contribution in [2.45, 2.75) is 26.2 Å². The summed E-state index contributed by atoms with van der Waals surface area (Å²) in [5.74, 6) is 1.23. The maximum absolute atomic E-state index is 11.9. The summed E-state index contributed by atoms with van der Waals surface area (Å²) in [4.78, 5) is 17.1. The number of ether oxygens (including phenoxy) is 1. The van der Waals surface area contributed by atoms with Crippen molar-refractivity contribution in [2.75, 3.05) is 0 Å². The van der Waals surface area contributed by atoms with E-state index in [1.165, 1.54) is 5.56 Å². The first kappa shape index (κ1) is 15.4. The number of esters is 1. The number of carbonyl (C=O) groups excluding carboxylic acids is 1. The van der Waals surface area contributed by atoms with Crippen LogP contribution in [0, 0.1) is 0 Å². The highest BCUT2D eigenvalue weighted by molar-refractivity contribution is 7.13. The van der Waals surface area contributed by atoms with Crippen LogP contribution in [-0.2, 0) is 17.6 Å². The van der Waals surface area contributed by atoms with E-state index in [9.17, 15) is 4.79 Å². The molecule has 2 heterocycles. The van der Waals surface area contributed by atoms with Gasteiger partial charge in [-0.05, 0) is 35.6 Å². The molecule has 3 aromatic rings. The molecule has 118 valence electrons. The largest absolute Gasteiger partial charge is 0.427 e. The van der Waals surface area contributed by atoms with Gasteiger partial charge in [0.25, 0.3) is 0 Å². The molecule has 3 rings (SSSR count). The molecule has 0 saturated heterocycles. The zero-order valence-corrected chi connectivity index (χ0v) is 13.5. The number of hydrogen-bond donors (Lipinski definition) is 0. The van der Waals surface area contributed by atoms with Crippen LogP contribution in [0.2, 0.25) is 0 Å². The fourth-order valence-electron chi connectivity index (χ4n) is 2.05. The van der Waals surface area contributed by atoms with Crippen LogP contribution < -0.4 is 4.74 Å². The van der Waals surface area contributed by atoms with Gasteiger partial charge in [-0.25, -0.2) is 0 Å². The number of benzene rings is 1. The molecule has 0 aliphatic heterocycles. The van der Waals surface area contributed by atoms with Gasteiger partial charge in [0.15, 0.2) is 0 Å². The van der Waals surface area contributed by atoms with Gasteiger partial charge >= 0.3 is 5.97 Å². The average Bonchev–Trinajstić information content (AvgIpc) is 3.25. The van der Waals surface area contributed by atoms with Gasteiger partial charge in [-0.3, -0.25) is 4.79 Å². The van der Waals surface area contributed by atoms with Crippen LogP contribution in [0.25, 0.3) is 10.7 Å². The summed E-state index contributed by atoms with van der Waals surface area (Å²) in [5, 5.41) is 5.86. The Bertz CT molecular complexity index is 764. The number of hydrogen-bond acceptors (Lipinski definition) is 6. The summed E-state index contributed by atoms with van der Waals surface area (Å²) in [6.07, 6.45) is 1.52. The van der Waals surface area contributed by atoms with Crippen LogP contribution in [0.3, 0.4) is 0 Å². The third-order valence-corrected chi connectivity index (χ3v) is 4.18. The molecular formula is C17H16N2O3S. The third kappa shape index (κ3) is 4.04. The van der Waals surface area contributed by atoms with E-state index in [4.69, 9.17) is 9.26 Å². The van der Waals surface area contributed by atoms with Crippen LogP contribution >= 0.6 is 11.3 Å². The van der Waals surface area contributed by atoms with Crippen molar-refractivity contribution in [3.63, 3.8) is 0 Å². The van der Waals surface area contributed by atoms with Crippen molar-refractivity contribution in [2.24, 2.45) is 0 Å². The topological polar surface area (TPSA) is 65.2 Å². The molecule has 0 atom stereocenters. The molecule has 0 aliphatic carbocycles. The van der Waals surface area contributed by atoms with Crippen molar-refractivity contribution >= 4 is 17.3 Å². The fourth-order valence-corrected chi connectivity index (χ4v) is 2.70. The summed E-state index contributed by atoms with van der Waals surface area (Å²) in [6.45, 7) is 2.08. The molecule has 2 aromatic heterocycles. The highest BCUT2D eigenvalue weighted by Crippen LogP contribution is 2.21. The van der Waals surface area contributed by atoms with Crippen molar-refractivity contribution < 1.29 is 14.1 Å². The third-order valence-electron chi connectivity index (χ3n) is 3.32. The normalized spacial score (nSPS) is 10.7. The molecule has 23 heavy (non-hydrogen) atoms. The first-order valence-electron chi connectivity index (χ1n) is 7.40. The minimum absolute atomic E-state index is 0.196. The lowest BCUT2D eigenvalue weighted by molar-refractivity contribution is -0.134. The zero-order valence-electron chi connectivity index (χ0n) is 12.7. The van der Waals surface area contributed by atoms with Crippen LogP contribution in [0.4, 0.5) is 0 Å². The van der Waals surface area contributed by atoms with Gasteiger partial charge in [0, 0.05) is 6.42 Å². The molecule has 0 spiro atoms. The van der Waals surface area contributed by atoms with Crippen molar-refractivity contribution in [1.29, 1.82) is 0 Å². The van der Waals surface area contributed by atoms with E-state index < -0.39 is 0 Å². The van der Waals surface area contributed by atoms with Crippen LogP contribution in [0.5, 0.6) is 5.75 Å². The summed E-state index contributed by atoms with van der Waals surface area (Å²) in [6, 6.07) is 11.4. The predicted molar refractivity (Wildman–Crippen MR) is 87.4 cm³/mol. The molecule has 1 aromatic carbocycles. The first-order chi connectivity index (χ1) is 11.2. The lowest BCUT2D eigenvalue weighted by atomic mass is 10.2. The molecule has 6 heteroatoms. The molecule has 0 radical (unpaired) electrons. The summed E-state index contributed by atoms with van der Waals surface area (Å²) in [5.41, 5.74) is 1.21. The minimum atomic E-state index is -0.315.